The first kappa shape index (κ1) is 21.4. The van der Waals surface area contributed by atoms with E-state index in [1.165, 1.54) is 11.5 Å². The lowest BCUT2D eigenvalue weighted by Gasteiger charge is -2.36. The van der Waals surface area contributed by atoms with Crippen molar-refractivity contribution in [2.45, 2.75) is 26.3 Å². The molecule has 1 saturated heterocycles. The molecule has 0 bridgehead atoms. The SMILES string of the molecule is CNC(=O)c1ccc(N2CCN(Cc3cc(NC(=O)C(=O)C4CC4)sn3)CC2)c(C)n1. The predicted molar refractivity (Wildman–Crippen MR) is 118 cm³/mol. The van der Waals surface area contributed by atoms with Crippen molar-refractivity contribution < 1.29 is 14.4 Å². The summed E-state index contributed by atoms with van der Waals surface area (Å²) < 4.78 is 4.42. The number of carbonyl (C=O) groups excluding carboxylic acids is 3. The second-order valence-electron chi connectivity index (χ2n) is 7.92. The lowest BCUT2D eigenvalue weighted by molar-refractivity contribution is -0.135. The van der Waals surface area contributed by atoms with E-state index in [4.69, 9.17) is 0 Å². The van der Waals surface area contributed by atoms with Gasteiger partial charge in [0.1, 0.15) is 10.7 Å². The number of amides is 2. The van der Waals surface area contributed by atoms with Crippen LogP contribution in [0.5, 0.6) is 0 Å². The number of ketones is 1. The average Bonchev–Trinajstić information content (AvgIpc) is 3.54. The van der Waals surface area contributed by atoms with E-state index in [0.29, 0.717) is 17.2 Å². The van der Waals surface area contributed by atoms with Gasteiger partial charge in [-0.3, -0.25) is 19.3 Å². The Hall–Kier alpha value is -2.85. The molecule has 1 aliphatic carbocycles. The van der Waals surface area contributed by atoms with Gasteiger partial charge in [-0.2, -0.15) is 4.37 Å². The molecule has 0 aromatic carbocycles. The second-order valence-corrected chi connectivity index (χ2v) is 8.72. The number of Topliss-reactive ketones (excluding diaryl/α,β-unsaturated/α-hetero) is 1. The number of aromatic nitrogens is 2. The van der Waals surface area contributed by atoms with E-state index >= 15 is 0 Å². The van der Waals surface area contributed by atoms with Gasteiger partial charge in [0, 0.05) is 45.7 Å². The second kappa shape index (κ2) is 9.11. The van der Waals surface area contributed by atoms with Gasteiger partial charge in [0.05, 0.1) is 17.1 Å². The predicted octanol–water partition coefficient (Wildman–Crippen LogP) is 1.45. The van der Waals surface area contributed by atoms with Crippen molar-refractivity contribution in [3.05, 3.63) is 35.3 Å². The van der Waals surface area contributed by atoms with Crippen LogP contribution in [0.15, 0.2) is 18.2 Å². The molecule has 1 saturated carbocycles. The first-order valence-corrected chi connectivity index (χ1v) is 11.2. The fourth-order valence-electron chi connectivity index (χ4n) is 3.67. The number of anilines is 2. The van der Waals surface area contributed by atoms with Gasteiger partial charge in [-0.05, 0) is 49.5 Å². The molecule has 2 aliphatic rings. The Morgan fingerprint density at radius 2 is 1.90 bits per heavy atom. The minimum atomic E-state index is -0.530. The van der Waals surface area contributed by atoms with Crippen molar-refractivity contribution in [1.82, 2.24) is 19.6 Å². The van der Waals surface area contributed by atoms with E-state index < -0.39 is 5.91 Å². The van der Waals surface area contributed by atoms with Crippen LogP contribution < -0.4 is 15.5 Å². The van der Waals surface area contributed by atoms with Crippen molar-refractivity contribution in [1.29, 1.82) is 0 Å². The topological polar surface area (TPSA) is 108 Å². The number of nitrogens with zero attached hydrogens (tertiary/aromatic N) is 4. The molecule has 10 heteroatoms. The van der Waals surface area contributed by atoms with Crippen LogP contribution in [0.1, 0.15) is 34.7 Å². The highest BCUT2D eigenvalue weighted by molar-refractivity contribution is 7.10. The summed E-state index contributed by atoms with van der Waals surface area (Å²) in [6.07, 6.45) is 1.64. The summed E-state index contributed by atoms with van der Waals surface area (Å²) in [5, 5.41) is 5.89. The minimum absolute atomic E-state index is 0.0810. The maximum absolute atomic E-state index is 11.9. The zero-order valence-electron chi connectivity index (χ0n) is 17.7. The van der Waals surface area contributed by atoms with Crippen LogP contribution in [0.25, 0.3) is 0 Å². The van der Waals surface area contributed by atoms with Crippen LogP contribution in [0.4, 0.5) is 10.7 Å². The molecular weight excluding hydrogens is 416 g/mol. The number of nitrogens with one attached hydrogen (secondary N) is 2. The molecule has 3 heterocycles. The van der Waals surface area contributed by atoms with Crippen molar-refractivity contribution in [3.8, 4) is 0 Å². The highest BCUT2D eigenvalue weighted by Crippen LogP contribution is 2.30. The van der Waals surface area contributed by atoms with Crippen LogP contribution in [0.3, 0.4) is 0 Å². The van der Waals surface area contributed by atoms with Crippen molar-refractivity contribution in [2.75, 3.05) is 43.4 Å². The molecule has 2 N–H and O–H groups in total. The standard InChI is InChI=1S/C21H26N6O3S/c1-13-17(6-5-16(23-13)20(29)22-2)27-9-7-26(8-10-27)12-15-11-18(31-25-15)24-21(30)19(28)14-3-4-14/h5-6,11,14H,3-4,7-10,12H2,1-2H3,(H,22,29)(H,24,30). The molecule has 0 spiro atoms. The Morgan fingerprint density at radius 1 is 1.16 bits per heavy atom. The molecule has 31 heavy (non-hydrogen) atoms. The van der Waals surface area contributed by atoms with E-state index in [2.05, 4.69) is 29.8 Å². The van der Waals surface area contributed by atoms with Crippen molar-refractivity contribution in [3.63, 3.8) is 0 Å². The molecule has 2 aromatic rings. The van der Waals surface area contributed by atoms with E-state index in [0.717, 1.165) is 56.1 Å². The van der Waals surface area contributed by atoms with E-state index in [9.17, 15) is 14.4 Å². The van der Waals surface area contributed by atoms with Gasteiger partial charge in [-0.25, -0.2) is 4.98 Å². The lowest BCUT2D eigenvalue weighted by Crippen LogP contribution is -2.46. The normalized spacial score (nSPS) is 16.8. The maximum Gasteiger partial charge on any atom is 0.292 e. The van der Waals surface area contributed by atoms with Crippen molar-refractivity contribution in [2.24, 2.45) is 5.92 Å². The molecule has 4 rings (SSSR count). The van der Waals surface area contributed by atoms with E-state index in [-0.39, 0.29) is 17.6 Å². The Labute approximate surface area is 185 Å². The lowest BCUT2D eigenvalue weighted by atomic mass is 10.2. The summed E-state index contributed by atoms with van der Waals surface area (Å²) >= 11 is 1.21. The third-order valence-electron chi connectivity index (χ3n) is 5.58. The molecule has 0 unspecified atom stereocenters. The number of hydrogen-bond acceptors (Lipinski definition) is 8. The number of piperazine rings is 1. The first-order valence-electron chi connectivity index (χ1n) is 10.4. The number of carbonyl (C=O) groups is 3. The molecule has 0 atom stereocenters. The van der Waals surface area contributed by atoms with Crippen LogP contribution in [-0.2, 0) is 16.1 Å². The van der Waals surface area contributed by atoms with Crippen LogP contribution in [-0.4, -0.2) is 65.1 Å². The molecule has 164 valence electrons. The van der Waals surface area contributed by atoms with Gasteiger partial charge in [-0.15, -0.1) is 0 Å². The molecule has 0 radical (unpaired) electrons. The Morgan fingerprint density at radius 3 is 2.55 bits per heavy atom. The summed E-state index contributed by atoms with van der Waals surface area (Å²) in [7, 11) is 1.60. The minimum Gasteiger partial charge on any atom is -0.368 e. The van der Waals surface area contributed by atoms with Gasteiger partial charge in [0.25, 0.3) is 11.8 Å². The van der Waals surface area contributed by atoms with Crippen molar-refractivity contribution >= 4 is 39.8 Å². The van der Waals surface area contributed by atoms with Gasteiger partial charge >= 0.3 is 0 Å². The van der Waals surface area contributed by atoms with Gasteiger partial charge in [0.15, 0.2) is 0 Å². The maximum atomic E-state index is 11.9. The van der Waals surface area contributed by atoms with Crippen LogP contribution in [0.2, 0.25) is 0 Å². The number of pyridine rings is 1. The summed E-state index contributed by atoms with van der Waals surface area (Å²) in [6.45, 7) is 6.07. The number of rotatable bonds is 7. The number of aryl methyl sites for hydroxylation is 1. The van der Waals surface area contributed by atoms with Gasteiger partial charge < -0.3 is 15.5 Å². The molecule has 2 amide bonds. The van der Waals surface area contributed by atoms with Gasteiger partial charge in [0.2, 0.25) is 5.78 Å². The molecule has 9 nitrogen and oxygen atoms in total. The number of hydrogen-bond donors (Lipinski definition) is 2. The summed E-state index contributed by atoms with van der Waals surface area (Å²) in [5.41, 5.74) is 3.20. The summed E-state index contributed by atoms with van der Waals surface area (Å²) in [4.78, 5) is 44.5. The largest absolute Gasteiger partial charge is 0.368 e. The first-order chi connectivity index (χ1) is 14.9. The fraction of sp³-hybridized carbons (Fsp3) is 0.476. The monoisotopic (exact) mass is 442 g/mol. The summed E-state index contributed by atoms with van der Waals surface area (Å²) in [6, 6.07) is 5.56. The van der Waals surface area contributed by atoms with E-state index in [1.54, 1.807) is 13.1 Å². The van der Waals surface area contributed by atoms with Crippen LogP contribution in [0, 0.1) is 12.8 Å². The highest BCUT2D eigenvalue weighted by atomic mass is 32.1. The Kier molecular flexibility index (Phi) is 6.28. The zero-order valence-corrected chi connectivity index (χ0v) is 18.5. The summed E-state index contributed by atoms with van der Waals surface area (Å²) in [5.74, 6) is -1.12. The molecular formula is C21H26N6O3S. The highest BCUT2D eigenvalue weighted by Gasteiger charge is 2.34. The molecule has 2 fully saturated rings. The third kappa shape index (κ3) is 5.08. The molecule has 1 aliphatic heterocycles. The fourth-order valence-corrected chi connectivity index (χ4v) is 4.32. The average molecular weight is 443 g/mol. The van der Waals surface area contributed by atoms with Gasteiger partial charge in [-0.1, -0.05) is 0 Å². The Bertz CT molecular complexity index is 995. The smallest absolute Gasteiger partial charge is 0.292 e. The quantitative estimate of drug-likeness (QED) is 0.625. The zero-order chi connectivity index (χ0) is 22.0. The van der Waals surface area contributed by atoms with E-state index in [1.807, 2.05) is 19.1 Å². The Balaban J connectivity index is 1.29. The molecule has 2 aromatic heterocycles. The van der Waals surface area contributed by atoms with Crippen LogP contribution >= 0.6 is 11.5 Å². The third-order valence-corrected chi connectivity index (χ3v) is 6.33.